The lowest BCUT2D eigenvalue weighted by molar-refractivity contribution is 0.0597. The van der Waals surface area contributed by atoms with Crippen LogP contribution < -0.4 is 9.47 Å². The number of rotatable bonds is 1. The van der Waals surface area contributed by atoms with E-state index < -0.39 is 5.97 Å². The number of carbonyl (C=O) groups excluding carboxylic acids is 1. The number of hydrogen-bond donors (Lipinski definition) is 0. The van der Waals surface area contributed by atoms with E-state index in [0.717, 1.165) is 0 Å². The summed E-state index contributed by atoms with van der Waals surface area (Å²) < 4.78 is 16.1. The highest BCUT2D eigenvalue weighted by atomic mass is 16.6. The summed E-state index contributed by atoms with van der Waals surface area (Å²) in [4.78, 5) is 11.6. The van der Waals surface area contributed by atoms with Crippen molar-refractivity contribution in [2.75, 3.05) is 7.11 Å². The van der Waals surface area contributed by atoms with Gasteiger partial charge in [0.05, 0.1) is 7.11 Å². The van der Waals surface area contributed by atoms with Gasteiger partial charge in [0.1, 0.15) is 5.56 Å². The zero-order valence-corrected chi connectivity index (χ0v) is 9.67. The molecule has 0 saturated heterocycles. The predicted octanol–water partition coefficient (Wildman–Crippen LogP) is 3.37. The molecule has 3 rings (SSSR count). The molecular formula is C14H10O4. The lowest BCUT2D eigenvalue weighted by Gasteiger charge is -2.21. The summed E-state index contributed by atoms with van der Waals surface area (Å²) in [7, 11) is 1.33. The van der Waals surface area contributed by atoms with Gasteiger partial charge in [0.2, 0.25) is 0 Å². The standard InChI is InChI=1S/C14H10O4/c1-16-14(15)9-5-4-8-12-13(9)18-11-7-3-2-6-10(11)17-12/h2-8H,1H3. The van der Waals surface area contributed by atoms with E-state index in [0.29, 0.717) is 28.6 Å². The van der Waals surface area contributed by atoms with Crippen molar-refractivity contribution in [2.24, 2.45) is 0 Å². The molecule has 0 aromatic heterocycles. The highest BCUT2D eigenvalue weighted by Crippen LogP contribution is 2.46. The number of methoxy groups -OCH3 is 1. The minimum atomic E-state index is -0.449. The monoisotopic (exact) mass is 242 g/mol. The van der Waals surface area contributed by atoms with E-state index in [9.17, 15) is 4.79 Å². The molecule has 1 aliphatic rings. The van der Waals surface area contributed by atoms with Gasteiger partial charge in [0, 0.05) is 0 Å². The van der Waals surface area contributed by atoms with Crippen molar-refractivity contribution in [3.63, 3.8) is 0 Å². The Morgan fingerprint density at radius 1 is 0.944 bits per heavy atom. The smallest absolute Gasteiger partial charge is 0.341 e. The topological polar surface area (TPSA) is 44.8 Å². The molecule has 0 bridgehead atoms. The van der Waals surface area contributed by atoms with E-state index in [2.05, 4.69) is 0 Å². The number of fused-ring (bicyclic) bond motifs is 2. The van der Waals surface area contributed by atoms with Crippen LogP contribution >= 0.6 is 0 Å². The Labute approximate surface area is 104 Å². The summed E-state index contributed by atoms with van der Waals surface area (Å²) >= 11 is 0. The van der Waals surface area contributed by atoms with Gasteiger partial charge in [-0.25, -0.2) is 4.79 Å². The van der Waals surface area contributed by atoms with Crippen molar-refractivity contribution < 1.29 is 19.0 Å². The van der Waals surface area contributed by atoms with Gasteiger partial charge in [-0.2, -0.15) is 0 Å². The number of benzene rings is 2. The number of hydrogen-bond acceptors (Lipinski definition) is 4. The molecule has 2 aromatic rings. The van der Waals surface area contributed by atoms with Gasteiger partial charge in [-0.3, -0.25) is 0 Å². The lowest BCUT2D eigenvalue weighted by Crippen LogP contribution is -2.07. The van der Waals surface area contributed by atoms with Crippen LogP contribution in [0.2, 0.25) is 0 Å². The molecule has 0 aliphatic carbocycles. The quantitative estimate of drug-likeness (QED) is 0.614. The molecule has 0 saturated carbocycles. The number of carbonyl (C=O) groups is 1. The van der Waals surface area contributed by atoms with Crippen LogP contribution in [-0.2, 0) is 4.74 Å². The van der Waals surface area contributed by atoms with E-state index in [1.165, 1.54) is 7.11 Å². The van der Waals surface area contributed by atoms with Crippen molar-refractivity contribution in [3.8, 4) is 23.0 Å². The van der Waals surface area contributed by atoms with Gasteiger partial charge in [-0.1, -0.05) is 18.2 Å². The molecule has 0 unspecified atom stereocenters. The summed E-state index contributed by atoms with van der Waals surface area (Å²) in [5.74, 6) is 1.67. The number of esters is 1. The maximum atomic E-state index is 11.6. The van der Waals surface area contributed by atoms with Crippen LogP contribution in [0.25, 0.3) is 0 Å². The molecule has 0 spiro atoms. The first-order valence-electron chi connectivity index (χ1n) is 5.45. The normalized spacial score (nSPS) is 11.6. The fourth-order valence-corrected chi connectivity index (χ4v) is 1.82. The largest absolute Gasteiger partial charge is 0.465 e. The lowest BCUT2D eigenvalue weighted by atomic mass is 10.1. The molecule has 0 atom stereocenters. The Kier molecular flexibility index (Phi) is 2.41. The maximum absolute atomic E-state index is 11.6. The summed E-state index contributed by atoms with van der Waals surface area (Å²) in [5.41, 5.74) is 0.351. The van der Waals surface area contributed by atoms with Crippen molar-refractivity contribution in [1.29, 1.82) is 0 Å². The van der Waals surface area contributed by atoms with E-state index in [4.69, 9.17) is 14.2 Å². The first-order chi connectivity index (χ1) is 8.79. The summed E-state index contributed by atoms with van der Waals surface area (Å²) in [5, 5.41) is 0. The third-order valence-electron chi connectivity index (χ3n) is 2.67. The van der Waals surface area contributed by atoms with Crippen LogP contribution in [-0.4, -0.2) is 13.1 Å². The third kappa shape index (κ3) is 1.59. The van der Waals surface area contributed by atoms with Gasteiger partial charge in [0.15, 0.2) is 23.0 Å². The Morgan fingerprint density at radius 2 is 1.61 bits per heavy atom. The molecule has 4 nitrogen and oxygen atoms in total. The van der Waals surface area contributed by atoms with Crippen LogP contribution in [0.5, 0.6) is 23.0 Å². The zero-order chi connectivity index (χ0) is 12.5. The molecule has 1 heterocycles. The maximum Gasteiger partial charge on any atom is 0.341 e. The first kappa shape index (κ1) is 10.7. The fraction of sp³-hybridized carbons (Fsp3) is 0.0714. The van der Waals surface area contributed by atoms with Crippen molar-refractivity contribution >= 4 is 5.97 Å². The number of para-hydroxylation sites is 3. The van der Waals surface area contributed by atoms with Crippen LogP contribution in [0.3, 0.4) is 0 Å². The molecule has 0 radical (unpaired) electrons. The van der Waals surface area contributed by atoms with Crippen molar-refractivity contribution in [3.05, 3.63) is 48.0 Å². The SMILES string of the molecule is COC(=O)c1cccc2c1Oc1ccccc1O2. The molecule has 2 aromatic carbocycles. The third-order valence-corrected chi connectivity index (χ3v) is 2.67. The molecule has 18 heavy (non-hydrogen) atoms. The molecule has 0 amide bonds. The Hall–Kier alpha value is -2.49. The average molecular weight is 242 g/mol. The molecular weight excluding hydrogens is 232 g/mol. The minimum Gasteiger partial charge on any atom is -0.465 e. The molecule has 4 heteroatoms. The van der Waals surface area contributed by atoms with E-state index in [1.54, 1.807) is 24.3 Å². The van der Waals surface area contributed by atoms with Crippen molar-refractivity contribution in [1.82, 2.24) is 0 Å². The highest BCUT2D eigenvalue weighted by molar-refractivity contribution is 5.94. The zero-order valence-electron chi connectivity index (χ0n) is 9.67. The highest BCUT2D eigenvalue weighted by Gasteiger charge is 2.24. The number of ether oxygens (including phenoxy) is 3. The summed E-state index contributed by atoms with van der Waals surface area (Å²) in [6.45, 7) is 0. The Bertz CT molecular complexity index is 619. The van der Waals surface area contributed by atoms with Gasteiger partial charge >= 0.3 is 5.97 Å². The van der Waals surface area contributed by atoms with Gasteiger partial charge in [-0.05, 0) is 24.3 Å². The van der Waals surface area contributed by atoms with Gasteiger partial charge < -0.3 is 14.2 Å². The fourth-order valence-electron chi connectivity index (χ4n) is 1.82. The molecule has 90 valence electrons. The second-order valence-electron chi connectivity index (χ2n) is 3.78. The van der Waals surface area contributed by atoms with E-state index in [1.807, 2.05) is 18.2 Å². The Morgan fingerprint density at radius 3 is 2.33 bits per heavy atom. The summed E-state index contributed by atoms with van der Waals surface area (Å²) in [6.07, 6.45) is 0. The van der Waals surface area contributed by atoms with Crippen LogP contribution in [0, 0.1) is 0 Å². The van der Waals surface area contributed by atoms with E-state index >= 15 is 0 Å². The Balaban J connectivity index is 2.10. The molecule has 1 aliphatic heterocycles. The van der Waals surface area contributed by atoms with Crippen molar-refractivity contribution in [2.45, 2.75) is 0 Å². The minimum absolute atomic E-state index is 0.351. The van der Waals surface area contributed by atoms with Gasteiger partial charge in [0.25, 0.3) is 0 Å². The van der Waals surface area contributed by atoms with Gasteiger partial charge in [-0.15, -0.1) is 0 Å². The average Bonchev–Trinajstić information content (AvgIpc) is 2.43. The van der Waals surface area contributed by atoms with Crippen LogP contribution in [0.1, 0.15) is 10.4 Å². The molecule has 0 fully saturated rings. The summed E-state index contributed by atoms with van der Waals surface area (Å²) in [6, 6.07) is 12.4. The van der Waals surface area contributed by atoms with Crippen LogP contribution in [0.15, 0.2) is 42.5 Å². The second kappa shape index (κ2) is 4.07. The second-order valence-corrected chi connectivity index (χ2v) is 3.78. The first-order valence-corrected chi connectivity index (χ1v) is 5.45. The van der Waals surface area contributed by atoms with Crippen LogP contribution in [0.4, 0.5) is 0 Å². The predicted molar refractivity (Wildman–Crippen MR) is 64.4 cm³/mol. The molecule has 0 N–H and O–H groups in total. The van der Waals surface area contributed by atoms with E-state index in [-0.39, 0.29) is 0 Å².